The van der Waals surface area contributed by atoms with Gasteiger partial charge in [-0.25, -0.2) is 4.39 Å². The van der Waals surface area contributed by atoms with E-state index in [4.69, 9.17) is 4.74 Å². The van der Waals surface area contributed by atoms with Gasteiger partial charge < -0.3 is 9.64 Å². The zero-order valence-corrected chi connectivity index (χ0v) is 15.1. The van der Waals surface area contributed by atoms with E-state index in [2.05, 4.69) is 4.90 Å². The lowest BCUT2D eigenvalue weighted by Crippen LogP contribution is -2.45. The highest BCUT2D eigenvalue weighted by molar-refractivity contribution is 5.79. The summed E-state index contributed by atoms with van der Waals surface area (Å²) in [5.41, 5.74) is 0.978. The first-order valence-electron chi connectivity index (χ1n) is 9.44. The van der Waals surface area contributed by atoms with Crippen molar-refractivity contribution in [2.45, 2.75) is 44.8 Å². The Kier molecular flexibility index (Phi) is 6.43. The Morgan fingerprint density at radius 2 is 2.04 bits per heavy atom. The van der Waals surface area contributed by atoms with Gasteiger partial charge in [-0.05, 0) is 56.3 Å². The van der Waals surface area contributed by atoms with Gasteiger partial charge in [-0.3, -0.25) is 9.69 Å². The molecule has 25 heavy (non-hydrogen) atoms. The molecule has 0 aliphatic carbocycles. The fraction of sp³-hybridized carbons (Fsp3) is 0.650. The van der Waals surface area contributed by atoms with Crippen LogP contribution in [0.1, 0.15) is 37.7 Å². The molecule has 1 aromatic carbocycles. The van der Waals surface area contributed by atoms with Gasteiger partial charge in [0.15, 0.2) is 0 Å². The quantitative estimate of drug-likeness (QED) is 0.838. The first-order valence-corrected chi connectivity index (χ1v) is 9.44. The minimum absolute atomic E-state index is 0.0707. The zero-order chi connectivity index (χ0) is 17.6. The lowest BCUT2D eigenvalue weighted by atomic mass is 9.96. The van der Waals surface area contributed by atoms with Crippen LogP contribution < -0.4 is 0 Å². The molecule has 1 aromatic rings. The summed E-state index contributed by atoms with van der Waals surface area (Å²) in [7, 11) is 1.76. The fourth-order valence-electron chi connectivity index (χ4n) is 4.07. The second-order valence-corrected chi connectivity index (χ2v) is 7.32. The van der Waals surface area contributed by atoms with Gasteiger partial charge in [-0.15, -0.1) is 0 Å². The monoisotopic (exact) mass is 348 g/mol. The normalized spacial score (nSPS) is 25.6. The standard InChI is InChI=1S/C20H29FN2O2/c1-25-19-8-4-11-23(12-9-19)20(24)17-6-3-10-22(15-17)14-16-5-2-7-18(21)13-16/h2,5,7,13,17,19H,3-4,6,8-12,14-15H2,1H3. The van der Waals surface area contributed by atoms with Gasteiger partial charge in [0.1, 0.15) is 5.82 Å². The van der Waals surface area contributed by atoms with E-state index in [-0.39, 0.29) is 17.8 Å². The summed E-state index contributed by atoms with van der Waals surface area (Å²) in [5.74, 6) is 0.168. The Labute approximate surface area is 149 Å². The van der Waals surface area contributed by atoms with Crippen molar-refractivity contribution in [2.24, 2.45) is 5.92 Å². The smallest absolute Gasteiger partial charge is 0.226 e. The maximum absolute atomic E-state index is 13.4. The summed E-state index contributed by atoms with van der Waals surface area (Å²) < 4.78 is 18.8. The van der Waals surface area contributed by atoms with Crippen LogP contribution in [-0.2, 0) is 16.1 Å². The first-order chi connectivity index (χ1) is 12.2. The molecule has 3 rings (SSSR count). The molecule has 2 unspecified atom stereocenters. The van der Waals surface area contributed by atoms with Crippen molar-refractivity contribution in [3.63, 3.8) is 0 Å². The molecule has 0 N–H and O–H groups in total. The molecule has 2 atom stereocenters. The van der Waals surface area contributed by atoms with E-state index in [1.165, 1.54) is 6.07 Å². The number of hydrogen-bond donors (Lipinski definition) is 0. The molecule has 0 radical (unpaired) electrons. The van der Waals surface area contributed by atoms with Gasteiger partial charge in [0.05, 0.1) is 12.0 Å². The largest absolute Gasteiger partial charge is 0.381 e. The van der Waals surface area contributed by atoms with Crippen molar-refractivity contribution in [3.05, 3.63) is 35.6 Å². The number of halogens is 1. The molecule has 2 saturated heterocycles. The Hall–Kier alpha value is -1.46. The maximum Gasteiger partial charge on any atom is 0.226 e. The predicted molar refractivity (Wildman–Crippen MR) is 95.6 cm³/mol. The van der Waals surface area contributed by atoms with Crippen LogP contribution in [0.4, 0.5) is 4.39 Å². The Morgan fingerprint density at radius 1 is 1.20 bits per heavy atom. The molecule has 0 bridgehead atoms. The van der Waals surface area contributed by atoms with E-state index in [0.717, 1.165) is 63.8 Å². The molecule has 2 heterocycles. The van der Waals surface area contributed by atoms with Crippen molar-refractivity contribution in [1.29, 1.82) is 0 Å². The van der Waals surface area contributed by atoms with E-state index >= 15 is 0 Å². The van der Waals surface area contributed by atoms with Crippen LogP contribution in [0.2, 0.25) is 0 Å². The second-order valence-electron chi connectivity index (χ2n) is 7.32. The van der Waals surface area contributed by atoms with Crippen molar-refractivity contribution in [2.75, 3.05) is 33.3 Å². The average molecular weight is 348 g/mol. The minimum Gasteiger partial charge on any atom is -0.381 e. The predicted octanol–water partition coefficient (Wildman–Crippen LogP) is 3.07. The maximum atomic E-state index is 13.4. The van der Waals surface area contributed by atoms with Crippen molar-refractivity contribution < 1.29 is 13.9 Å². The van der Waals surface area contributed by atoms with E-state index in [9.17, 15) is 9.18 Å². The number of nitrogens with zero attached hydrogens (tertiary/aromatic N) is 2. The third-order valence-corrected chi connectivity index (χ3v) is 5.47. The summed E-state index contributed by atoms with van der Waals surface area (Å²) in [4.78, 5) is 17.3. The van der Waals surface area contributed by atoms with Crippen molar-refractivity contribution >= 4 is 5.91 Å². The summed E-state index contributed by atoms with van der Waals surface area (Å²) in [6, 6.07) is 6.76. The van der Waals surface area contributed by atoms with Gasteiger partial charge in [-0.1, -0.05) is 12.1 Å². The van der Waals surface area contributed by atoms with Crippen LogP contribution >= 0.6 is 0 Å². The number of amides is 1. The Morgan fingerprint density at radius 3 is 2.84 bits per heavy atom. The van der Waals surface area contributed by atoms with Gasteiger partial charge in [0.2, 0.25) is 5.91 Å². The minimum atomic E-state index is -0.195. The van der Waals surface area contributed by atoms with Gasteiger partial charge in [-0.2, -0.15) is 0 Å². The molecule has 0 aromatic heterocycles. The van der Waals surface area contributed by atoms with Crippen LogP contribution in [0.15, 0.2) is 24.3 Å². The molecular formula is C20H29FN2O2. The first kappa shape index (κ1) is 18.3. The molecule has 2 aliphatic rings. The summed E-state index contributed by atoms with van der Waals surface area (Å²) in [6.07, 6.45) is 5.26. The molecule has 138 valence electrons. The van der Waals surface area contributed by atoms with E-state index in [1.807, 2.05) is 11.0 Å². The average Bonchev–Trinajstić information content (AvgIpc) is 2.87. The molecule has 4 nitrogen and oxygen atoms in total. The number of carbonyl (C=O) groups excluding carboxylic acids is 1. The molecule has 2 fully saturated rings. The van der Waals surface area contributed by atoms with E-state index < -0.39 is 0 Å². The number of benzene rings is 1. The summed E-state index contributed by atoms with van der Waals surface area (Å²) in [5, 5.41) is 0. The summed E-state index contributed by atoms with van der Waals surface area (Å²) in [6.45, 7) is 4.12. The van der Waals surface area contributed by atoms with Crippen molar-refractivity contribution in [1.82, 2.24) is 9.80 Å². The zero-order valence-electron chi connectivity index (χ0n) is 15.1. The number of ether oxygens (including phenoxy) is 1. The van der Waals surface area contributed by atoms with Gasteiger partial charge >= 0.3 is 0 Å². The highest BCUT2D eigenvalue weighted by atomic mass is 19.1. The number of rotatable bonds is 4. The third-order valence-electron chi connectivity index (χ3n) is 5.47. The molecule has 5 heteroatoms. The number of piperidine rings is 1. The number of hydrogen-bond acceptors (Lipinski definition) is 3. The Bertz CT molecular complexity index is 581. The molecule has 1 amide bonds. The number of likely N-dealkylation sites (tertiary alicyclic amines) is 2. The van der Waals surface area contributed by atoms with Crippen LogP contribution in [-0.4, -0.2) is 55.1 Å². The van der Waals surface area contributed by atoms with Crippen LogP contribution in [0.5, 0.6) is 0 Å². The molecular weight excluding hydrogens is 319 g/mol. The lowest BCUT2D eigenvalue weighted by Gasteiger charge is -2.34. The Balaban J connectivity index is 1.56. The van der Waals surface area contributed by atoms with E-state index in [0.29, 0.717) is 12.5 Å². The highest BCUT2D eigenvalue weighted by Gasteiger charge is 2.30. The third kappa shape index (κ3) is 5.02. The van der Waals surface area contributed by atoms with E-state index in [1.54, 1.807) is 19.2 Å². The fourth-order valence-corrected chi connectivity index (χ4v) is 4.07. The summed E-state index contributed by atoms with van der Waals surface area (Å²) >= 11 is 0. The molecule has 0 spiro atoms. The highest BCUT2D eigenvalue weighted by Crippen LogP contribution is 2.23. The number of methoxy groups -OCH3 is 1. The van der Waals surface area contributed by atoms with Gasteiger partial charge in [0.25, 0.3) is 0 Å². The van der Waals surface area contributed by atoms with Crippen LogP contribution in [0.25, 0.3) is 0 Å². The van der Waals surface area contributed by atoms with Crippen LogP contribution in [0, 0.1) is 11.7 Å². The topological polar surface area (TPSA) is 32.8 Å². The number of carbonyl (C=O) groups is 1. The lowest BCUT2D eigenvalue weighted by molar-refractivity contribution is -0.137. The van der Waals surface area contributed by atoms with Crippen LogP contribution in [0.3, 0.4) is 0 Å². The SMILES string of the molecule is COC1CCCN(C(=O)C2CCCN(Cc3cccc(F)c3)C2)CC1. The van der Waals surface area contributed by atoms with Gasteiger partial charge in [0, 0.05) is 33.3 Å². The molecule has 2 aliphatic heterocycles. The molecule has 0 saturated carbocycles. The van der Waals surface area contributed by atoms with Crippen molar-refractivity contribution in [3.8, 4) is 0 Å². The second kappa shape index (κ2) is 8.77.